The molecule has 1 unspecified atom stereocenters. The molecule has 0 radical (unpaired) electrons. The number of hydrogen-bond acceptors (Lipinski definition) is 2. The SMILES string of the molecule is COCCC#Cc1ccc2c(c1)c(F)nn2PI. The molecule has 0 aliphatic rings. The van der Waals surface area contributed by atoms with Crippen LogP contribution in [0.2, 0.25) is 0 Å². The third kappa shape index (κ3) is 3.00. The first kappa shape index (κ1) is 13.7. The van der Waals surface area contributed by atoms with E-state index < -0.39 is 5.95 Å². The number of nitrogens with zero attached hydrogens (tertiary/aromatic N) is 2. The Hall–Kier alpha value is -0.700. The molecule has 94 valence electrons. The zero-order valence-electron chi connectivity index (χ0n) is 9.70. The molecule has 0 fully saturated rings. The minimum Gasteiger partial charge on any atom is -0.384 e. The van der Waals surface area contributed by atoms with E-state index in [4.69, 9.17) is 4.74 Å². The maximum Gasteiger partial charge on any atom is 0.240 e. The number of ether oxygens (including phenoxy) is 1. The first-order chi connectivity index (χ1) is 8.76. The molecule has 0 aliphatic carbocycles. The molecule has 1 aromatic heterocycles. The maximum absolute atomic E-state index is 13.6. The molecule has 0 N–H and O–H groups in total. The van der Waals surface area contributed by atoms with E-state index in [1.54, 1.807) is 17.6 Å². The second kappa shape index (κ2) is 6.46. The van der Waals surface area contributed by atoms with E-state index in [9.17, 15) is 4.39 Å². The lowest BCUT2D eigenvalue weighted by atomic mass is 10.1. The quantitative estimate of drug-likeness (QED) is 0.356. The predicted octanol–water partition coefficient (Wildman–Crippen LogP) is 3.36. The van der Waals surface area contributed by atoms with Crippen LogP contribution in [-0.2, 0) is 4.74 Å². The van der Waals surface area contributed by atoms with Gasteiger partial charge in [-0.3, -0.25) is 0 Å². The van der Waals surface area contributed by atoms with Crippen molar-refractivity contribution < 1.29 is 9.13 Å². The molecule has 1 atom stereocenters. The lowest BCUT2D eigenvalue weighted by Gasteiger charge is -1.96. The van der Waals surface area contributed by atoms with Crippen molar-refractivity contribution in [2.75, 3.05) is 13.7 Å². The summed E-state index contributed by atoms with van der Waals surface area (Å²) < 4.78 is 20.2. The molecule has 0 saturated carbocycles. The van der Waals surface area contributed by atoms with Gasteiger partial charge in [0.25, 0.3) is 0 Å². The largest absolute Gasteiger partial charge is 0.384 e. The Morgan fingerprint density at radius 3 is 3.11 bits per heavy atom. The van der Waals surface area contributed by atoms with Crippen LogP contribution in [0.4, 0.5) is 4.39 Å². The zero-order chi connectivity index (χ0) is 13.0. The van der Waals surface area contributed by atoms with Gasteiger partial charge in [0.15, 0.2) is 0 Å². The summed E-state index contributed by atoms with van der Waals surface area (Å²) in [6.45, 7) is 0.609. The summed E-state index contributed by atoms with van der Waals surface area (Å²) >= 11 is 2.17. The Kier molecular flexibility index (Phi) is 4.93. The molecule has 0 aliphatic heterocycles. The molecular weight excluding hydrogens is 365 g/mol. The van der Waals surface area contributed by atoms with E-state index in [-0.39, 0.29) is 0 Å². The van der Waals surface area contributed by atoms with Gasteiger partial charge in [-0.25, -0.2) is 4.45 Å². The van der Waals surface area contributed by atoms with Crippen LogP contribution in [0.15, 0.2) is 18.2 Å². The second-order valence-electron chi connectivity index (χ2n) is 3.56. The van der Waals surface area contributed by atoms with Crippen molar-refractivity contribution in [3.63, 3.8) is 0 Å². The van der Waals surface area contributed by atoms with Crippen LogP contribution in [0.1, 0.15) is 12.0 Å². The van der Waals surface area contributed by atoms with Gasteiger partial charge in [-0.05, 0) is 40.2 Å². The molecule has 2 rings (SSSR count). The Morgan fingerprint density at radius 2 is 2.39 bits per heavy atom. The fraction of sp³-hybridized carbons (Fsp3) is 0.250. The normalized spacial score (nSPS) is 11.1. The summed E-state index contributed by atoms with van der Waals surface area (Å²) in [4.78, 5) is 0. The van der Waals surface area contributed by atoms with Crippen LogP contribution in [0.3, 0.4) is 0 Å². The van der Waals surface area contributed by atoms with E-state index in [0.29, 0.717) is 24.8 Å². The van der Waals surface area contributed by atoms with Crippen molar-refractivity contribution in [2.24, 2.45) is 0 Å². The summed E-state index contributed by atoms with van der Waals surface area (Å²) in [5.74, 6) is 5.54. The van der Waals surface area contributed by atoms with Gasteiger partial charge in [-0.1, -0.05) is 11.8 Å². The van der Waals surface area contributed by atoms with Gasteiger partial charge in [0.1, 0.15) is 0 Å². The van der Waals surface area contributed by atoms with Gasteiger partial charge >= 0.3 is 0 Å². The highest BCUT2D eigenvalue weighted by molar-refractivity contribution is 14.2. The Bertz CT molecular complexity index is 618. The zero-order valence-corrected chi connectivity index (χ0v) is 12.9. The molecule has 1 aromatic carbocycles. The topological polar surface area (TPSA) is 27.1 Å². The van der Waals surface area contributed by atoms with Crippen LogP contribution in [0, 0.1) is 17.8 Å². The molecule has 0 spiro atoms. The first-order valence-electron chi connectivity index (χ1n) is 5.29. The number of fused-ring (bicyclic) bond motifs is 1. The highest BCUT2D eigenvalue weighted by Gasteiger charge is 2.09. The van der Waals surface area contributed by atoms with E-state index in [1.165, 1.54) is 0 Å². The minimum absolute atomic E-state index is 0.385. The Balaban J connectivity index is 2.32. The molecule has 0 bridgehead atoms. The molecule has 3 nitrogen and oxygen atoms in total. The number of hydrogen-bond donors (Lipinski definition) is 0. The number of benzene rings is 1. The van der Waals surface area contributed by atoms with Gasteiger partial charge in [0.05, 0.1) is 23.9 Å². The number of methoxy groups -OCH3 is 1. The number of aromatic nitrogens is 2. The van der Waals surface area contributed by atoms with Crippen LogP contribution in [0.25, 0.3) is 10.9 Å². The van der Waals surface area contributed by atoms with Crippen molar-refractivity contribution in [3.8, 4) is 11.8 Å². The highest BCUT2D eigenvalue weighted by Crippen LogP contribution is 2.30. The van der Waals surface area contributed by atoms with Gasteiger partial charge in [-0.15, -0.1) is 5.10 Å². The van der Waals surface area contributed by atoms with Gasteiger partial charge in [0.2, 0.25) is 5.95 Å². The molecular formula is C12H11FIN2OP. The van der Waals surface area contributed by atoms with Crippen molar-refractivity contribution in [1.82, 2.24) is 9.55 Å². The first-order valence-corrected chi connectivity index (χ1v) is 9.35. The van der Waals surface area contributed by atoms with Gasteiger partial charge < -0.3 is 4.74 Å². The molecule has 6 heteroatoms. The molecule has 18 heavy (non-hydrogen) atoms. The van der Waals surface area contributed by atoms with Gasteiger partial charge in [-0.2, -0.15) is 4.39 Å². The van der Waals surface area contributed by atoms with Crippen molar-refractivity contribution >= 4 is 39.3 Å². The fourth-order valence-corrected chi connectivity index (χ4v) is 3.06. The fourth-order valence-electron chi connectivity index (χ4n) is 1.54. The standard InChI is InChI=1S/C12H11FIN2OP/c1-17-7-3-2-4-9-5-6-11-10(8-9)12(13)15-16(11)18-14/h5-6,8,18H,3,7H2,1H3. The molecule has 2 aromatic rings. The Labute approximate surface area is 119 Å². The maximum atomic E-state index is 13.6. The smallest absolute Gasteiger partial charge is 0.240 e. The van der Waals surface area contributed by atoms with E-state index >= 15 is 0 Å². The van der Waals surface area contributed by atoms with E-state index in [2.05, 4.69) is 39.0 Å². The van der Waals surface area contributed by atoms with Crippen LogP contribution in [-0.4, -0.2) is 23.3 Å². The number of rotatable bonds is 3. The average molecular weight is 376 g/mol. The summed E-state index contributed by atoms with van der Waals surface area (Å²) in [7, 11) is 1.64. The monoisotopic (exact) mass is 376 g/mol. The van der Waals surface area contributed by atoms with Crippen molar-refractivity contribution in [1.29, 1.82) is 0 Å². The predicted molar refractivity (Wildman–Crippen MR) is 80.8 cm³/mol. The highest BCUT2D eigenvalue weighted by atomic mass is 127. The molecule has 1 heterocycles. The Morgan fingerprint density at radius 1 is 1.56 bits per heavy atom. The summed E-state index contributed by atoms with van der Waals surface area (Å²) in [6, 6.07) is 5.48. The van der Waals surface area contributed by atoms with Gasteiger partial charge in [0, 0.05) is 19.1 Å². The van der Waals surface area contributed by atoms with Crippen molar-refractivity contribution in [3.05, 3.63) is 29.7 Å². The van der Waals surface area contributed by atoms with Crippen LogP contribution >= 0.6 is 28.4 Å². The van der Waals surface area contributed by atoms with Crippen LogP contribution < -0.4 is 0 Å². The lowest BCUT2D eigenvalue weighted by molar-refractivity contribution is 0.206. The third-order valence-electron chi connectivity index (χ3n) is 2.38. The second-order valence-corrected chi connectivity index (χ2v) is 5.60. The molecule has 0 amide bonds. The van der Waals surface area contributed by atoms with Crippen LogP contribution in [0.5, 0.6) is 0 Å². The summed E-state index contributed by atoms with van der Waals surface area (Å²) in [6.07, 6.45) is 1.06. The summed E-state index contributed by atoms with van der Waals surface area (Å²) in [5.41, 5.74) is 1.61. The average Bonchev–Trinajstić information content (AvgIpc) is 2.71. The third-order valence-corrected chi connectivity index (χ3v) is 4.25. The lowest BCUT2D eigenvalue weighted by Crippen LogP contribution is -1.84. The molecule has 0 saturated heterocycles. The number of halogens is 2. The summed E-state index contributed by atoms with van der Waals surface area (Å²) in [5, 5.41) is 4.37. The van der Waals surface area contributed by atoms with E-state index in [0.717, 1.165) is 11.1 Å². The van der Waals surface area contributed by atoms with E-state index in [1.807, 2.05) is 12.1 Å². The van der Waals surface area contributed by atoms with Crippen molar-refractivity contribution in [2.45, 2.75) is 6.42 Å². The minimum atomic E-state index is -0.435.